The first kappa shape index (κ1) is 29.8. The monoisotopic (exact) mass is 565 g/mol. The molecule has 1 saturated carbocycles. The number of nitrogens with one attached hydrogen (secondary N) is 3. The molecule has 0 saturated heterocycles. The van der Waals surface area contributed by atoms with Crippen LogP contribution in [-0.2, 0) is 9.84 Å². The van der Waals surface area contributed by atoms with Gasteiger partial charge in [-0.1, -0.05) is 12.1 Å². The van der Waals surface area contributed by atoms with Gasteiger partial charge in [0, 0.05) is 17.8 Å². The van der Waals surface area contributed by atoms with Gasteiger partial charge >= 0.3 is 0 Å². The highest BCUT2D eigenvalue weighted by Gasteiger charge is 2.25. The van der Waals surface area contributed by atoms with Gasteiger partial charge in [0.1, 0.15) is 11.6 Å². The van der Waals surface area contributed by atoms with E-state index in [-0.39, 0.29) is 11.0 Å². The van der Waals surface area contributed by atoms with Crippen molar-refractivity contribution in [1.29, 1.82) is 0 Å². The maximum absolute atomic E-state index is 13.0. The van der Waals surface area contributed by atoms with Crippen molar-refractivity contribution in [3.05, 3.63) is 59.3 Å². The van der Waals surface area contributed by atoms with E-state index in [9.17, 15) is 8.42 Å². The highest BCUT2D eigenvalue weighted by molar-refractivity contribution is 7.92. The Bertz CT molecular complexity index is 1430. The molecule has 0 unspecified atom stereocenters. The lowest BCUT2D eigenvalue weighted by Crippen LogP contribution is -2.29. The first-order valence-corrected chi connectivity index (χ1v) is 15.7. The smallest absolute Gasteiger partial charge is 0.229 e. The number of nitrogens with zero attached hydrogens (tertiary/aromatic N) is 2. The van der Waals surface area contributed by atoms with Crippen LogP contribution in [0, 0.1) is 13.8 Å². The highest BCUT2D eigenvalue weighted by atomic mass is 32.2. The second-order valence-corrected chi connectivity index (χ2v) is 13.7. The van der Waals surface area contributed by atoms with E-state index < -0.39 is 15.1 Å². The largest absolute Gasteiger partial charge is 0.489 e. The Labute approximate surface area is 239 Å². The van der Waals surface area contributed by atoms with Crippen molar-refractivity contribution in [3.63, 3.8) is 0 Å². The average Bonchev–Trinajstić information content (AvgIpc) is 2.92. The molecule has 216 valence electrons. The van der Waals surface area contributed by atoms with E-state index in [0.29, 0.717) is 29.4 Å². The van der Waals surface area contributed by atoms with Crippen LogP contribution in [0.2, 0.25) is 0 Å². The summed E-state index contributed by atoms with van der Waals surface area (Å²) in [5, 5.41) is 9.49. The zero-order valence-corrected chi connectivity index (χ0v) is 25.5. The van der Waals surface area contributed by atoms with Crippen LogP contribution >= 0.6 is 0 Å². The van der Waals surface area contributed by atoms with Crippen LogP contribution in [-0.4, -0.2) is 42.8 Å². The zero-order valence-electron chi connectivity index (χ0n) is 24.7. The van der Waals surface area contributed by atoms with Gasteiger partial charge in [-0.25, -0.2) is 13.4 Å². The number of rotatable bonds is 10. The predicted molar refractivity (Wildman–Crippen MR) is 163 cm³/mol. The van der Waals surface area contributed by atoms with Crippen LogP contribution in [0.5, 0.6) is 5.75 Å². The van der Waals surface area contributed by atoms with Crippen LogP contribution in [0.4, 0.5) is 23.1 Å². The fourth-order valence-corrected chi connectivity index (χ4v) is 6.44. The molecular weight excluding hydrogens is 522 g/mol. The third kappa shape index (κ3) is 6.75. The molecule has 8 nitrogen and oxygen atoms in total. The van der Waals surface area contributed by atoms with E-state index >= 15 is 0 Å². The number of para-hydroxylation sites is 1. The molecule has 1 aromatic heterocycles. The molecule has 1 aliphatic carbocycles. The first-order chi connectivity index (χ1) is 19.0. The third-order valence-electron chi connectivity index (χ3n) is 7.59. The molecule has 3 aromatic rings. The summed E-state index contributed by atoms with van der Waals surface area (Å²) in [6.45, 7) is 11.5. The van der Waals surface area contributed by atoms with Crippen molar-refractivity contribution < 1.29 is 13.2 Å². The summed E-state index contributed by atoms with van der Waals surface area (Å²) in [5.74, 6) is 2.22. The Kier molecular flexibility index (Phi) is 9.36. The van der Waals surface area contributed by atoms with E-state index in [4.69, 9.17) is 9.72 Å². The lowest BCUT2D eigenvalue weighted by atomic mass is 9.80. The van der Waals surface area contributed by atoms with Crippen molar-refractivity contribution in [1.82, 2.24) is 15.3 Å². The summed E-state index contributed by atoms with van der Waals surface area (Å²) in [7, 11) is -1.43. The molecule has 0 atom stereocenters. The second kappa shape index (κ2) is 12.6. The molecule has 1 fully saturated rings. The fraction of sp³-hybridized carbons (Fsp3) is 0.484. The molecule has 9 heteroatoms. The molecule has 0 aliphatic heterocycles. The third-order valence-corrected chi connectivity index (χ3v) is 9.80. The molecule has 1 aliphatic rings. The number of hydrogen-bond acceptors (Lipinski definition) is 8. The molecule has 40 heavy (non-hydrogen) atoms. The second-order valence-electron chi connectivity index (χ2n) is 11.3. The van der Waals surface area contributed by atoms with E-state index in [1.165, 1.54) is 24.0 Å². The number of ether oxygens (including phenoxy) is 1. The van der Waals surface area contributed by atoms with Gasteiger partial charge in [-0.15, -0.1) is 0 Å². The molecular formula is C31H43N5O3S. The summed E-state index contributed by atoms with van der Waals surface area (Å²) < 4.78 is 32.2. The van der Waals surface area contributed by atoms with Crippen molar-refractivity contribution in [2.45, 2.75) is 95.4 Å². The Hall–Kier alpha value is -3.17. The SMILES string of the molecule is CNC1CCC(c2cc(OC(C)C)c(Nc3ncc(C)c(Nc4ccccc4S(=O)(=O)C(C)C)n3)cc2C)CC1. The number of benzene rings is 2. The Balaban J connectivity index is 1.64. The van der Waals surface area contributed by atoms with Crippen molar-refractivity contribution >= 4 is 33.0 Å². The normalized spacial score (nSPS) is 17.7. The van der Waals surface area contributed by atoms with E-state index in [0.717, 1.165) is 29.8 Å². The van der Waals surface area contributed by atoms with Crippen molar-refractivity contribution in [2.24, 2.45) is 0 Å². The van der Waals surface area contributed by atoms with Gasteiger partial charge in [-0.3, -0.25) is 0 Å². The molecule has 3 N–H and O–H groups in total. The summed E-state index contributed by atoms with van der Waals surface area (Å²) in [6, 6.07) is 11.8. The van der Waals surface area contributed by atoms with Crippen molar-refractivity contribution in [3.8, 4) is 5.75 Å². The quantitative estimate of drug-likeness (QED) is 0.247. The molecule has 0 amide bonds. The Morgan fingerprint density at radius 3 is 2.27 bits per heavy atom. The van der Waals surface area contributed by atoms with Gasteiger partial charge in [0.05, 0.1) is 27.6 Å². The fourth-order valence-electron chi connectivity index (χ4n) is 5.23. The summed E-state index contributed by atoms with van der Waals surface area (Å²) in [4.78, 5) is 9.48. The molecule has 0 radical (unpaired) electrons. The van der Waals surface area contributed by atoms with Gasteiger partial charge in [0.2, 0.25) is 5.95 Å². The van der Waals surface area contributed by atoms with Gasteiger partial charge in [-0.2, -0.15) is 4.98 Å². The Morgan fingerprint density at radius 1 is 0.925 bits per heavy atom. The predicted octanol–water partition coefficient (Wildman–Crippen LogP) is 6.80. The van der Waals surface area contributed by atoms with Crippen LogP contribution in [0.3, 0.4) is 0 Å². The minimum atomic E-state index is -3.48. The highest BCUT2D eigenvalue weighted by Crippen LogP contribution is 2.40. The summed E-state index contributed by atoms with van der Waals surface area (Å²) in [6.07, 6.45) is 6.40. The van der Waals surface area contributed by atoms with Gasteiger partial charge < -0.3 is 20.7 Å². The van der Waals surface area contributed by atoms with Crippen LogP contribution < -0.4 is 20.7 Å². The molecule has 0 spiro atoms. The van der Waals surface area contributed by atoms with Crippen LogP contribution in [0.15, 0.2) is 47.5 Å². The molecule has 4 rings (SSSR count). The topological polar surface area (TPSA) is 105 Å². The minimum Gasteiger partial charge on any atom is -0.489 e. The average molecular weight is 566 g/mol. The van der Waals surface area contributed by atoms with Gasteiger partial charge in [0.25, 0.3) is 0 Å². The van der Waals surface area contributed by atoms with Crippen LogP contribution in [0.1, 0.15) is 76.0 Å². The number of aromatic nitrogens is 2. The van der Waals surface area contributed by atoms with E-state index in [1.54, 1.807) is 38.2 Å². The standard InChI is InChI=1S/C31H43N5O3S/c1-19(2)39-28-17-25(23-12-14-24(32-7)15-13-23)21(5)16-27(28)35-31-33-18-22(6)30(36-31)34-26-10-8-9-11-29(26)40(37,38)20(3)4/h8-11,16-20,23-24,32H,12-15H2,1-7H3,(H2,33,34,35,36). The number of aryl methyl sites for hydroxylation is 2. The van der Waals surface area contributed by atoms with Gasteiger partial charge in [-0.05, 0) is 116 Å². The number of hydrogen-bond donors (Lipinski definition) is 3. The van der Waals surface area contributed by atoms with E-state index in [1.807, 2.05) is 33.9 Å². The van der Waals surface area contributed by atoms with Crippen LogP contribution in [0.25, 0.3) is 0 Å². The van der Waals surface area contributed by atoms with E-state index in [2.05, 4.69) is 40.0 Å². The lowest BCUT2D eigenvalue weighted by molar-refractivity contribution is 0.243. The Morgan fingerprint density at radius 2 is 1.62 bits per heavy atom. The lowest BCUT2D eigenvalue weighted by Gasteiger charge is -2.30. The number of anilines is 4. The maximum atomic E-state index is 13.0. The molecule has 2 aromatic carbocycles. The first-order valence-electron chi connectivity index (χ1n) is 14.2. The zero-order chi connectivity index (χ0) is 29.0. The maximum Gasteiger partial charge on any atom is 0.229 e. The molecule has 0 bridgehead atoms. The minimum absolute atomic E-state index is 0.00621. The molecule has 1 heterocycles. The van der Waals surface area contributed by atoms with Gasteiger partial charge in [0.15, 0.2) is 9.84 Å². The summed E-state index contributed by atoms with van der Waals surface area (Å²) in [5.41, 5.74) is 4.64. The number of sulfone groups is 1. The summed E-state index contributed by atoms with van der Waals surface area (Å²) >= 11 is 0. The van der Waals surface area contributed by atoms with Crippen molar-refractivity contribution in [2.75, 3.05) is 17.7 Å².